The zero-order chi connectivity index (χ0) is 22.3. The van der Waals surface area contributed by atoms with Crippen LogP contribution in [0.2, 0.25) is 0 Å². The van der Waals surface area contributed by atoms with Gasteiger partial charge in [-0.25, -0.2) is 9.50 Å². The predicted octanol–water partition coefficient (Wildman–Crippen LogP) is 5.54. The highest BCUT2D eigenvalue weighted by Gasteiger charge is 2.34. The van der Waals surface area contributed by atoms with Crippen molar-refractivity contribution in [2.24, 2.45) is 5.73 Å². The third-order valence-corrected chi connectivity index (χ3v) is 6.43. The summed E-state index contributed by atoms with van der Waals surface area (Å²) in [4.78, 5) is 9.55. The fraction of sp³-hybridized carbons (Fsp3) is 0.148. The molecule has 6 rings (SSSR count). The van der Waals surface area contributed by atoms with E-state index in [0.717, 1.165) is 40.9 Å². The molecule has 0 bridgehead atoms. The van der Waals surface area contributed by atoms with Crippen molar-refractivity contribution >= 4 is 17.4 Å². The highest BCUT2D eigenvalue weighted by atomic mass is 15.4. The summed E-state index contributed by atoms with van der Waals surface area (Å²) in [6.45, 7) is 0. The number of nitrogens with zero attached hydrogens (tertiary/aromatic N) is 4. The lowest BCUT2D eigenvalue weighted by Gasteiger charge is -2.38. The molecule has 3 aromatic carbocycles. The van der Waals surface area contributed by atoms with Gasteiger partial charge in [0.05, 0.1) is 5.69 Å². The number of hydrogen-bond donors (Lipinski definition) is 2. The Kier molecular flexibility index (Phi) is 4.66. The number of anilines is 2. The van der Waals surface area contributed by atoms with Crippen LogP contribution in [-0.4, -0.2) is 19.6 Å². The van der Waals surface area contributed by atoms with Gasteiger partial charge < -0.3 is 11.1 Å². The number of fused-ring (bicyclic) bond motifs is 1. The van der Waals surface area contributed by atoms with Crippen LogP contribution in [0.4, 0.5) is 11.6 Å². The maximum atomic E-state index is 6.53. The summed E-state index contributed by atoms with van der Waals surface area (Å²) in [7, 11) is 0. The van der Waals surface area contributed by atoms with Gasteiger partial charge in [-0.15, -0.1) is 5.10 Å². The number of nitrogens with one attached hydrogen (secondary N) is 1. The highest BCUT2D eigenvalue weighted by Crippen LogP contribution is 2.39. The monoisotopic (exact) mass is 432 g/mol. The first-order chi connectivity index (χ1) is 16.2. The second kappa shape index (κ2) is 7.83. The molecule has 1 aliphatic rings. The average Bonchev–Trinajstić information content (AvgIpc) is 3.24. The largest absolute Gasteiger partial charge is 0.323 e. The van der Waals surface area contributed by atoms with E-state index in [1.165, 1.54) is 12.0 Å². The van der Waals surface area contributed by atoms with Gasteiger partial charge in [-0.1, -0.05) is 72.8 Å². The standard InChI is InChI=1S/C27H24N6/c28-27(16-7-17-27)21-14-12-20(13-15-21)24-23(19-8-3-1-4-9-19)18-33-26(30-24)31-25(32-33)29-22-10-5-2-6-11-22/h1-6,8-15,18H,7,16-17,28H2,(H,29,32). The fourth-order valence-corrected chi connectivity index (χ4v) is 4.38. The van der Waals surface area contributed by atoms with Gasteiger partial charge in [-0.3, -0.25) is 0 Å². The van der Waals surface area contributed by atoms with Crippen LogP contribution in [0.25, 0.3) is 28.2 Å². The van der Waals surface area contributed by atoms with Crippen molar-refractivity contribution in [1.29, 1.82) is 0 Å². The molecular weight excluding hydrogens is 408 g/mol. The first-order valence-electron chi connectivity index (χ1n) is 11.2. The number of aromatic nitrogens is 4. The molecule has 1 fully saturated rings. The van der Waals surface area contributed by atoms with Gasteiger partial charge in [0.1, 0.15) is 0 Å². The Hall–Kier alpha value is -4.03. The molecule has 3 N–H and O–H groups in total. The van der Waals surface area contributed by atoms with Gasteiger partial charge in [0.2, 0.25) is 5.95 Å². The zero-order valence-electron chi connectivity index (χ0n) is 18.1. The molecule has 0 unspecified atom stereocenters. The number of nitrogens with two attached hydrogens (primary N) is 1. The van der Waals surface area contributed by atoms with Gasteiger partial charge in [-0.2, -0.15) is 4.98 Å². The van der Waals surface area contributed by atoms with Gasteiger partial charge in [0.15, 0.2) is 0 Å². The predicted molar refractivity (Wildman–Crippen MR) is 131 cm³/mol. The summed E-state index contributed by atoms with van der Waals surface area (Å²) in [6.07, 6.45) is 5.28. The number of hydrogen-bond acceptors (Lipinski definition) is 5. The minimum Gasteiger partial charge on any atom is -0.323 e. The van der Waals surface area contributed by atoms with Crippen molar-refractivity contribution in [3.63, 3.8) is 0 Å². The Morgan fingerprint density at radius 2 is 1.48 bits per heavy atom. The molecule has 0 atom stereocenters. The highest BCUT2D eigenvalue weighted by molar-refractivity contribution is 5.81. The molecule has 2 heterocycles. The maximum Gasteiger partial charge on any atom is 0.254 e. The Morgan fingerprint density at radius 1 is 0.788 bits per heavy atom. The van der Waals surface area contributed by atoms with E-state index in [2.05, 4.69) is 51.8 Å². The van der Waals surface area contributed by atoms with Gasteiger partial charge in [0.25, 0.3) is 5.78 Å². The summed E-state index contributed by atoms with van der Waals surface area (Å²) >= 11 is 0. The van der Waals surface area contributed by atoms with Gasteiger partial charge in [-0.05, 0) is 42.5 Å². The van der Waals surface area contributed by atoms with Crippen LogP contribution in [0.1, 0.15) is 24.8 Å². The molecule has 162 valence electrons. The molecule has 0 amide bonds. The van der Waals surface area contributed by atoms with E-state index >= 15 is 0 Å². The van der Waals surface area contributed by atoms with E-state index in [0.29, 0.717) is 11.7 Å². The lowest BCUT2D eigenvalue weighted by atomic mass is 9.72. The molecule has 0 spiro atoms. The molecule has 5 aromatic rings. The Labute approximate surface area is 192 Å². The Bertz CT molecular complexity index is 1400. The zero-order valence-corrected chi connectivity index (χ0v) is 18.1. The van der Waals surface area contributed by atoms with Crippen LogP contribution < -0.4 is 11.1 Å². The van der Waals surface area contributed by atoms with Crippen LogP contribution in [0.15, 0.2) is 91.1 Å². The average molecular weight is 433 g/mol. The maximum absolute atomic E-state index is 6.53. The molecule has 1 saturated carbocycles. The second-order valence-electron chi connectivity index (χ2n) is 8.63. The van der Waals surface area contributed by atoms with E-state index in [-0.39, 0.29) is 5.54 Å². The molecule has 33 heavy (non-hydrogen) atoms. The third kappa shape index (κ3) is 3.64. The molecule has 0 saturated heterocycles. The smallest absolute Gasteiger partial charge is 0.254 e. The first-order valence-corrected chi connectivity index (χ1v) is 11.2. The van der Waals surface area contributed by atoms with E-state index in [9.17, 15) is 0 Å². The molecule has 6 heteroatoms. The van der Waals surface area contributed by atoms with E-state index in [1.807, 2.05) is 54.7 Å². The summed E-state index contributed by atoms with van der Waals surface area (Å²) in [5.74, 6) is 1.05. The van der Waals surface area contributed by atoms with Gasteiger partial charge >= 0.3 is 0 Å². The van der Waals surface area contributed by atoms with Crippen LogP contribution in [0, 0.1) is 0 Å². The van der Waals surface area contributed by atoms with Crippen molar-refractivity contribution in [3.05, 3.63) is 96.7 Å². The SMILES string of the molecule is NC1(c2ccc(-c3nc4nc(Nc5ccccc5)nn4cc3-c3ccccc3)cc2)CCC1. The molecule has 2 aromatic heterocycles. The molecule has 1 aliphatic carbocycles. The van der Waals surface area contributed by atoms with Crippen molar-refractivity contribution in [2.75, 3.05) is 5.32 Å². The van der Waals surface area contributed by atoms with Crippen LogP contribution >= 0.6 is 0 Å². The van der Waals surface area contributed by atoms with E-state index < -0.39 is 0 Å². The van der Waals surface area contributed by atoms with Gasteiger partial charge in [0, 0.05) is 28.6 Å². The number of rotatable bonds is 5. The van der Waals surface area contributed by atoms with Crippen LogP contribution in [0.3, 0.4) is 0 Å². The van der Waals surface area contributed by atoms with Crippen molar-refractivity contribution < 1.29 is 0 Å². The fourth-order valence-electron chi connectivity index (χ4n) is 4.38. The molecule has 0 radical (unpaired) electrons. The first kappa shape index (κ1) is 19.6. The Balaban J connectivity index is 1.44. The molecular formula is C27H24N6. The lowest BCUT2D eigenvalue weighted by molar-refractivity contribution is 0.253. The van der Waals surface area contributed by atoms with E-state index in [1.54, 1.807) is 4.52 Å². The third-order valence-electron chi connectivity index (χ3n) is 6.43. The number of para-hydroxylation sites is 1. The quantitative estimate of drug-likeness (QED) is 0.381. The second-order valence-corrected chi connectivity index (χ2v) is 8.63. The minimum absolute atomic E-state index is 0.177. The summed E-state index contributed by atoms with van der Waals surface area (Å²) < 4.78 is 1.73. The summed E-state index contributed by atoms with van der Waals surface area (Å²) in [5, 5.41) is 7.86. The van der Waals surface area contributed by atoms with Crippen LogP contribution in [0.5, 0.6) is 0 Å². The number of benzene rings is 3. The Morgan fingerprint density at radius 3 is 2.15 bits per heavy atom. The van der Waals surface area contributed by atoms with Crippen molar-refractivity contribution in [1.82, 2.24) is 19.6 Å². The molecule has 0 aliphatic heterocycles. The minimum atomic E-state index is -0.177. The van der Waals surface area contributed by atoms with Crippen LogP contribution in [-0.2, 0) is 5.54 Å². The normalized spacial score (nSPS) is 14.7. The van der Waals surface area contributed by atoms with Crippen molar-refractivity contribution in [2.45, 2.75) is 24.8 Å². The summed E-state index contributed by atoms with van der Waals surface area (Å²) in [6, 6.07) is 28.7. The van der Waals surface area contributed by atoms with Crippen molar-refractivity contribution in [3.8, 4) is 22.4 Å². The summed E-state index contributed by atoms with van der Waals surface area (Å²) in [5.41, 5.74) is 12.5. The molecule has 6 nitrogen and oxygen atoms in total. The lowest BCUT2D eigenvalue weighted by Crippen LogP contribution is -2.43. The topological polar surface area (TPSA) is 81.1 Å². The van der Waals surface area contributed by atoms with E-state index in [4.69, 9.17) is 10.7 Å².